The number of esters is 1. The van der Waals surface area contributed by atoms with Gasteiger partial charge < -0.3 is 15.4 Å². The predicted molar refractivity (Wildman–Crippen MR) is 120 cm³/mol. The Hall–Kier alpha value is -2.28. The third kappa shape index (κ3) is 5.88. The van der Waals surface area contributed by atoms with E-state index in [-0.39, 0.29) is 42.4 Å². The van der Waals surface area contributed by atoms with E-state index < -0.39 is 0 Å². The number of halogens is 1. The molecule has 3 N–H and O–H groups in total. The summed E-state index contributed by atoms with van der Waals surface area (Å²) < 4.78 is 5.22. The minimum absolute atomic E-state index is 0. The first-order chi connectivity index (χ1) is 13.8. The highest BCUT2D eigenvalue weighted by Crippen LogP contribution is 2.33. The molecule has 1 heterocycles. The van der Waals surface area contributed by atoms with Crippen LogP contribution in [-0.2, 0) is 9.53 Å². The molecule has 2 aliphatic rings. The van der Waals surface area contributed by atoms with Crippen molar-refractivity contribution in [1.82, 2.24) is 4.90 Å². The van der Waals surface area contributed by atoms with Crippen molar-refractivity contribution in [3.05, 3.63) is 29.8 Å². The fraction of sp³-hybridized carbons (Fsp3) is 0.591. The van der Waals surface area contributed by atoms with Crippen molar-refractivity contribution in [2.24, 2.45) is 11.7 Å². The molecule has 166 valence electrons. The number of carbonyl (C=O) groups is 2. The van der Waals surface area contributed by atoms with E-state index in [0.717, 1.165) is 44.3 Å². The zero-order chi connectivity index (χ0) is 21.0. The zero-order valence-electron chi connectivity index (χ0n) is 17.8. The summed E-state index contributed by atoms with van der Waals surface area (Å²) in [5.41, 5.74) is 7.01. The van der Waals surface area contributed by atoms with Crippen LogP contribution in [0.5, 0.6) is 0 Å². The van der Waals surface area contributed by atoms with Gasteiger partial charge in [-0.25, -0.2) is 4.79 Å². The van der Waals surface area contributed by atoms with Gasteiger partial charge in [-0.1, -0.05) is 0 Å². The second-order valence-corrected chi connectivity index (χ2v) is 8.34. The van der Waals surface area contributed by atoms with Gasteiger partial charge in [0, 0.05) is 36.8 Å². The van der Waals surface area contributed by atoms with Gasteiger partial charge in [0.25, 0.3) is 0 Å². The Morgan fingerprint density at radius 2 is 1.80 bits per heavy atom. The summed E-state index contributed by atoms with van der Waals surface area (Å²) in [6, 6.07) is 7.61. The van der Waals surface area contributed by atoms with Crippen molar-refractivity contribution < 1.29 is 14.3 Å². The van der Waals surface area contributed by atoms with E-state index in [1.807, 2.05) is 30.9 Å². The summed E-state index contributed by atoms with van der Waals surface area (Å²) in [4.78, 5) is 28.5. The first-order valence-corrected chi connectivity index (χ1v) is 10.6. The molecule has 1 saturated carbocycles. The molecule has 0 atom stereocenters. The molecule has 2 fully saturated rings. The molecule has 1 aromatic rings. The summed E-state index contributed by atoms with van der Waals surface area (Å²) in [6.07, 6.45) is 5.40. The van der Waals surface area contributed by atoms with Crippen molar-refractivity contribution in [3.8, 4) is 0 Å². The van der Waals surface area contributed by atoms with E-state index in [1.54, 1.807) is 17.0 Å². The van der Waals surface area contributed by atoms with Crippen molar-refractivity contribution >= 4 is 35.9 Å². The van der Waals surface area contributed by atoms with Gasteiger partial charge in [-0.3, -0.25) is 15.1 Å². The Morgan fingerprint density at radius 1 is 1.17 bits per heavy atom. The van der Waals surface area contributed by atoms with Crippen molar-refractivity contribution in [1.29, 1.82) is 5.41 Å². The molecular formula is C22H33ClN4O3. The number of amidine groups is 1. The lowest BCUT2D eigenvalue weighted by Gasteiger charge is -2.34. The smallest absolute Gasteiger partial charge is 0.324 e. The third-order valence-corrected chi connectivity index (χ3v) is 5.91. The minimum atomic E-state index is -0.108. The molecular weight excluding hydrogens is 404 g/mol. The SMILES string of the molecule is CC(C)OC(=O)CCC1CCC(N2CCN(c3ccc(C(=N)N)cc3)C2=O)CC1.Cl. The number of urea groups is 1. The quantitative estimate of drug-likeness (QED) is 0.384. The largest absolute Gasteiger partial charge is 0.463 e. The topological polar surface area (TPSA) is 99.7 Å². The lowest BCUT2D eigenvalue weighted by molar-refractivity contribution is -0.147. The number of nitrogens with two attached hydrogens (primary N) is 1. The number of carbonyl (C=O) groups excluding carboxylic acids is 2. The Labute approximate surface area is 184 Å². The van der Waals surface area contributed by atoms with Crippen molar-refractivity contribution in [3.63, 3.8) is 0 Å². The highest BCUT2D eigenvalue weighted by Gasteiger charge is 2.36. The number of anilines is 1. The molecule has 1 aliphatic carbocycles. The predicted octanol–water partition coefficient (Wildman–Crippen LogP) is 3.93. The van der Waals surface area contributed by atoms with E-state index in [0.29, 0.717) is 24.4 Å². The van der Waals surface area contributed by atoms with Gasteiger partial charge in [0.1, 0.15) is 5.84 Å². The van der Waals surface area contributed by atoms with Crippen LogP contribution in [0.3, 0.4) is 0 Å². The minimum Gasteiger partial charge on any atom is -0.463 e. The van der Waals surface area contributed by atoms with Crippen LogP contribution >= 0.6 is 12.4 Å². The molecule has 0 spiro atoms. The van der Waals surface area contributed by atoms with Gasteiger partial charge in [0.2, 0.25) is 0 Å². The highest BCUT2D eigenvalue weighted by atomic mass is 35.5. The normalized spacial score (nSPS) is 21.5. The van der Waals surface area contributed by atoms with Crippen LogP contribution < -0.4 is 10.6 Å². The average molecular weight is 437 g/mol. The molecule has 2 amide bonds. The van der Waals surface area contributed by atoms with Crippen LogP contribution in [0.1, 0.15) is 57.9 Å². The number of amides is 2. The van der Waals surface area contributed by atoms with Crippen LogP contribution in [0.4, 0.5) is 10.5 Å². The zero-order valence-corrected chi connectivity index (χ0v) is 18.6. The van der Waals surface area contributed by atoms with Gasteiger partial charge in [-0.05, 0) is 76.1 Å². The summed E-state index contributed by atoms with van der Waals surface area (Å²) >= 11 is 0. The van der Waals surface area contributed by atoms with Crippen molar-refractivity contribution in [2.45, 2.75) is 64.5 Å². The van der Waals surface area contributed by atoms with Crippen molar-refractivity contribution in [2.75, 3.05) is 18.0 Å². The first-order valence-electron chi connectivity index (χ1n) is 10.6. The number of nitrogens with one attached hydrogen (secondary N) is 1. The fourth-order valence-corrected chi connectivity index (χ4v) is 4.34. The standard InChI is InChI=1S/C22H32N4O3.ClH/c1-15(2)29-20(27)12-5-16-3-8-18(9-4-16)25-13-14-26(22(25)28)19-10-6-17(7-11-19)21(23)24;/h6-7,10-11,15-16,18H,3-5,8-9,12-14H2,1-2H3,(H3,23,24);1H. The number of hydrogen-bond acceptors (Lipinski definition) is 4. The molecule has 0 radical (unpaired) electrons. The molecule has 0 unspecified atom stereocenters. The molecule has 30 heavy (non-hydrogen) atoms. The highest BCUT2D eigenvalue weighted by molar-refractivity contribution is 5.97. The van der Waals surface area contributed by atoms with E-state index in [9.17, 15) is 9.59 Å². The van der Waals surface area contributed by atoms with Gasteiger partial charge in [-0.2, -0.15) is 0 Å². The van der Waals surface area contributed by atoms with Gasteiger partial charge in [-0.15, -0.1) is 12.4 Å². The summed E-state index contributed by atoms with van der Waals surface area (Å²) in [7, 11) is 0. The number of nitrogen functional groups attached to an aromatic ring is 1. The maximum Gasteiger partial charge on any atom is 0.324 e. The Bertz CT molecular complexity index is 745. The van der Waals surface area contributed by atoms with Crippen LogP contribution in [0.25, 0.3) is 0 Å². The number of ether oxygens (including phenoxy) is 1. The number of benzene rings is 1. The van der Waals surface area contributed by atoms with Crippen LogP contribution in [0, 0.1) is 11.3 Å². The number of rotatable bonds is 7. The lowest BCUT2D eigenvalue weighted by Crippen LogP contribution is -2.41. The average Bonchev–Trinajstić information content (AvgIpc) is 3.07. The fourth-order valence-electron chi connectivity index (χ4n) is 4.34. The van der Waals surface area contributed by atoms with Crippen LogP contribution in [-0.4, -0.2) is 48.0 Å². The summed E-state index contributed by atoms with van der Waals surface area (Å²) in [5.74, 6) is 0.460. The summed E-state index contributed by atoms with van der Waals surface area (Å²) in [6.45, 7) is 5.16. The van der Waals surface area contributed by atoms with E-state index in [2.05, 4.69) is 0 Å². The second-order valence-electron chi connectivity index (χ2n) is 8.34. The van der Waals surface area contributed by atoms with Gasteiger partial charge in [0.05, 0.1) is 6.10 Å². The van der Waals surface area contributed by atoms with Gasteiger partial charge >= 0.3 is 12.0 Å². The van der Waals surface area contributed by atoms with E-state index in [1.165, 1.54) is 0 Å². The summed E-state index contributed by atoms with van der Waals surface area (Å²) in [5, 5.41) is 7.48. The number of nitrogens with zero attached hydrogens (tertiary/aromatic N) is 2. The van der Waals surface area contributed by atoms with E-state index >= 15 is 0 Å². The van der Waals surface area contributed by atoms with Crippen LogP contribution in [0.15, 0.2) is 24.3 Å². The number of hydrogen-bond donors (Lipinski definition) is 2. The Balaban J connectivity index is 0.00000320. The van der Waals surface area contributed by atoms with Gasteiger partial charge in [0.15, 0.2) is 0 Å². The molecule has 1 saturated heterocycles. The molecule has 3 rings (SSSR count). The molecule has 7 nitrogen and oxygen atoms in total. The molecule has 0 bridgehead atoms. The molecule has 1 aliphatic heterocycles. The lowest BCUT2D eigenvalue weighted by atomic mass is 9.83. The monoisotopic (exact) mass is 436 g/mol. The molecule has 0 aromatic heterocycles. The second kappa shape index (κ2) is 10.7. The molecule has 8 heteroatoms. The Morgan fingerprint density at radius 3 is 2.37 bits per heavy atom. The van der Waals surface area contributed by atoms with Crippen LogP contribution in [0.2, 0.25) is 0 Å². The maximum absolute atomic E-state index is 12.9. The third-order valence-electron chi connectivity index (χ3n) is 5.91. The van der Waals surface area contributed by atoms with E-state index in [4.69, 9.17) is 15.9 Å². The first kappa shape index (κ1) is 24.0. The Kier molecular flexibility index (Phi) is 8.53. The molecule has 1 aromatic carbocycles. The maximum atomic E-state index is 12.9.